The van der Waals surface area contributed by atoms with E-state index in [9.17, 15) is 0 Å². The van der Waals surface area contributed by atoms with Gasteiger partial charge in [-0.05, 0) is 25.3 Å². The molecule has 1 aromatic carbocycles. The van der Waals surface area contributed by atoms with Crippen LogP contribution in [0.15, 0.2) is 24.3 Å². The lowest BCUT2D eigenvalue weighted by molar-refractivity contribution is 0.555. The maximum absolute atomic E-state index is 6.05. The molecule has 0 radical (unpaired) electrons. The van der Waals surface area contributed by atoms with E-state index in [1.54, 1.807) is 0 Å². The van der Waals surface area contributed by atoms with Gasteiger partial charge in [-0.3, -0.25) is 4.68 Å². The number of hydrogen-bond donors (Lipinski definition) is 1. The fourth-order valence-electron chi connectivity index (χ4n) is 2.31. The molecule has 0 aliphatic heterocycles. The number of rotatable bonds is 5. The van der Waals surface area contributed by atoms with Crippen LogP contribution in [0.25, 0.3) is 10.9 Å². The van der Waals surface area contributed by atoms with Crippen molar-refractivity contribution in [1.82, 2.24) is 9.78 Å². The SMILES string of the molecule is CCCC(N)CCc1nn(C)c2ccccc12. The Labute approximate surface area is 103 Å². The highest BCUT2D eigenvalue weighted by atomic mass is 15.3. The maximum Gasteiger partial charge on any atom is 0.0703 e. The van der Waals surface area contributed by atoms with Crippen LogP contribution in [0, 0.1) is 0 Å². The summed E-state index contributed by atoms with van der Waals surface area (Å²) in [5, 5.41) is 5.85. The van der Waals surface area contributed by atoms with Gasteiger partial charge in [-0.15, -0.1) is 0 Å². The lowest BCUT2D eigenvalue weighted by Crippen LogP contribution is -2.20. The third-order valence-corrected chi connectivity index (χ3v) is 3.25. The number of fused-ring (bicyclic) bond motifs is 1. The summed E-state index contributed by atoms with van der Waals surface area (Å²) >= 11 is 0. The first-order valence-electron chi connectivity index (χ1n) is 6.38. The molecule has 0 spiro atoms. The second-order valence-corrected chi connectivity index (χ2v) is 4.67. The molecule has 2 N–H and O–H groups in total. The number of nitrogens with two attached hydrogens (primary N) is 1. The number of hydrogen-bond acceptors (Lipinski definition) is 2. The molecule has 0 saturated heterocycles. The highest BCUT2D eigenvalue weighted by Gasteiger charge is 2.09. The molecule has 0 aliphatic rings. The third-order valence-electron chi connectivity index (χ3n) is 3.25. The molecule has 1 unspecified atom stereocenters. The van der Waals surface area contributed by atoms with E-state index in [0.717, 1.165) is 25.7 Å². The van der Waals surface area contributed by atoms with Crippen LogP contribution < -0.4 is 5.73 Å². The first kappa shape index (κ1) is 12.1. The molecule has 0 aliphatic carbocycles. The highest BCUT2D eigenvalue weighted by molar-refractivity contribution is 5.81. The Morgan fingerprint density at radius 1 is 1.29 bits per heavy atom. The molecule has 0 fully saturated rings. The molecule has 0 bridgehead atoms. The Hall–Kier alpha value is -1.35. The zero-order valence-electron chi connectivity index (χ0n) is 10.7. The predicted molar refractivity (Wildman–Crippen MR) is 71.9 cm³/mol. The standard InChI is InChI=1S/C14H21N3/c1-3-6-11(15)9-10-13-12-7-4-5-8-14(12)17(2)16-13/h4-5,7-8,11H,3,6,9-10,15H2,1-2H3. The van der Waals surface area contributed by atoms with E-state index < -0.39 is 0 Å². The van der Waals surface area contributed by atoms with E-state index in [2.05, 4.69) is 36.3 Å². The van der Waals surface area contributed by atoms with Crippen LogP contribution >= 0.6 is 0 Å². The summed E-state index contributed by atoms with van der Waals surface area (Å²) in [4.78, 5) is 0. The number of aryl methyl sites for hydroxylation is 2. The van der Waals surface area contributed by atoms with E-state index in [1.165, 1.54) is 16.6 Å². The molecule has 3 heteroatoms. The van der Waals surface area contributed by atoms with Gasteiger partial charge in [0.15, 0.2) is 0 Å². The van der Waals surface area contributed by atoms with Crippen LogP contribution in [0.1, 0.15) is 31.9 Å². The van der Waals surface area contributed by atoms with Crippen molar-refractivity contribution in [2.75, 3.05) is 0 Å². The number of benzene rings is 1. The van der Waals surface area contributed by atoms with Crippen molar-refractivity contribution in [2.24, 2.45) is 12.8 Å². The lowest BCUT2D eigenvalue weighted by Gasteiger charge is -2.08. The van der Waals surface area contributed by atoms with Crippen molar-refractivity contribution >= 4 is 10.9 Å². The monoisotopic (exact) mass is 231 g/mol. The predicted octanol–water partition coefficient (Wildman–Crippen LogP) is 2.63. The van der Waals surface area contributed by atoms with Gasteiger partial charge < -0.3 is 5.73 Å². The van der Waals surface area contributed by atoms with E-state index in [0.29, 0.717) is 6.04 Å². The first-order chi connectivity index (χ1) is 8.22. The van der Waals surface area contributed by atoms with Crippen LogP contribution in [-0.2, 0) is 13.5 Å². The van der Waals surface area contributed by atoms with Gasteiger partial charge in [0, 0.05) is 18.5 Å². The van der Waals surface area contributed by atoms with Gasteiger partial charge in [0.05, 0.1) is 11.2 Å². The van der Waals surface area contributed by atoms with Crippen LogP contribution in [-0.4, -0.2) is 15.8 Å². The quantitative estimate of drug-likeness (QED) is 0.859. The molecule has 2 rings (SSSR count). The second-order valence-electron chi connectivity index (χ2n) is 4.67. The topological polar surface area (TPSA) is 43.8 Å². The summed E-state index contributed by atoms with van der Waals surface area (Å²) in [6, 6.07) is 8.68. The van der Waals surface area contributed by atoms with Crippen LogP contribution in [0.3, 0.4) is 0 Å². The first-order valence-corrected chi connectivity index (χ1v) is 6.38. The van der Waals surface area contributed by atoms with Crippen molar-refractivity contribution in [3.8, 4) is 0 Å². The fourth-order valence-corrected chi connectivity index (χ4v) is 2.31. The molecule has 3 nitrogen and oxygen atoms in total. The lowest BCUT2D eigenvalue weighted by atomic mass is 10.0. The minimum atomic E-state index is 0.306. The van der Waals surface area contributed by atoms with E-state index in [4.69, 9.17) is 5.73 Å². The van der Waals surface area contributed by atoms with Gasteiger partial charge >= 0.3 is 0 Å². The third kappa shape index (κ3) is 2.67. The molecular formula is C14H21N3. The van der Waals surface area contributed by atoms with Crippen molar-refractivity contribution in [3.05, 3.63) is 30.0 Å². The molecule has 2 aromatic rings. The Balaban J connectivity index is 2.13. The molecule has 17 heavy (non-hydrogen) atoms. The van der Waals surface area contributed by atoms with E-state index >= 15 is 0 Å². The Kier molecular flexibility index (Phi) is 3.79. The summed E-state index contributed by atoms with van der Waals surface area (Å²) < 4.78 is 1.95. The summed E-state index contributed by atoms with van der Waals surface area (Å²) in [5.41, 5.74) is 8.42. The maximum atomic E-state index is 6.05. The second kappa shape index (κ2) is 5.32. The van der Waals surface area contributed by atoms with Crippen LogP contribution in [0.5, 0.6) is 0 Å². The fraction of sp³-hybridized carbons (Fsp3) is 0.500. The molecular weight excluding hydrogens is 210 g/mol. The number of nitrogens with zero attached hydrogens (tertiary/aromatic N) is 2. The highest BCUT2D eigenvalue weighted by Crippen LogP contribution is 2.19. The van der Waals surface area contributed by atoms with Crippen LogP contribution in [0.4, 0.5) is 0 Å². The van der Waals surface area contributed by atoms with Gasteiger partial charge in [-0.1, -0.05) is 31.5 Å². The summed E-state index contributed by atoms with van der Waals surface area (Å²) in [7, 11) is 2.00. The van der Waals surface area contributed by atoms with Gasteiger partial charge in [-0.25, -0.2) is 0 Å². The average molecular weight is 231 g/mol. The Morgan fingerprint density at radius 3 is 2.82 bits per heavy atom. The number of aromatic nitrogens is 2. The molecule has 1 aromatic heterocycles. The minimum Gasteiger partial charge on any atom is -0.328 e. The molecule has 0 saturated carbocycles. The normalized spacial score (nSPS) is 13.1. The number of para-hydroxylation sites is 1. The Bertz CT molecular complexity index is 487. The molecule has 1 atom stereocenters. The molecule has 92 valence electrons. The summed E-state index contributed by atoms with van der Waals surface area (Å²) in [6.07, 6.45) is 4.26. The van der Waals surface area contributed by atoms with Crippen molar-refractivity contribution in [2.45, 2.75) is 38.6 Å². The Morgan fingerprint density at radius 2 is 2.06 bits per heavy atom. The van der Waals surface area contributed by atoms with Crippen molar-refractivity contribution in [3.63, 3.8) is 0 Å². The summed E-state index contributed by atoms with van der Waals surface area (Å²) in [6.45, 7) is 2.18. The van der Waals surface area contributed by atoms with Crippen molar-refractivity contribution in [1.29, 1.82) is 0 Å². The van der Waals surface area contributed by atoms with Gasteiger partial charge in [0.1, 0.15) is 0 Å². The molecule has 0 amide bonds. The smallest absolute Gasteiger partial charge is 0.0703 e. The van der Waals surface area contributed by atoms with Gasteiger partial charge in [0.25, 0.3) is 0 Å². The van der Waals surface area contributed by atoms with E-state index in [1.807, 2.05) is 11.7 Å². The van der Waals surface area contributed by atoms with Crippen LogP contribution in [0.2, 0.25) is 0 Å². The van der Waals surface area contributed by atoms with Crippen molar-refractivity contribution < 1.29 is 0 Å². The largest absolute Gasteiger partial charge is 0.328 e. The van der Waals surface area contributed by atoms with E-state index in [-0.39, 0.29) is 0 Å². The zero-order chi connectivity index (χ0) is 12.3. The zero-order valence-corrected chi connectivity index (χ0v) is 10.7. The van der Waals surface area contributed by atoms with Gasteiger partial charge in [0.2, 0.25) is 0 Å². The minimum absolute atomic E-state index is 0.306. The molecule has 1 heterocycles. The van der Waals surface area contributed by atoms with Gasteiger partial charge in [-0.2, -0.15) is 5.10 Å². The average Bonchev–Trinajstić information content (AvgIpc) is 2.65. The summed E-state index contributed by atoms with van der Waals surface area (Å²) in [5.74, 6) is 0.